The molecule has 508 valence electrons. The number of hydrogen-bond donors (Lipinski definition) is 24. The number of aliphatic hydroxyl groups excluding tert-OH is 19. The summed E-state index contributed by atoms with van der Waals surface area (Å²) in [6.07, 6.45) is -61.6. The van der Waals surface area contributed by atoms with Crippen LogP contribution < -0.4 is 16.0 Å². The number of nitrogens with one attached hydrogen (secondary N) is 3. The van der Waals surface area contributed by atoms with Gasteiger partial charge in [0.05, 0.1) is 63.9 Å². The first-order valence-electron chi connectivity index (χ1n) is 27.4. The minimum absolute atomic E-state index is 0.864. The van der Waals surface area contributed by atoms with Gasteiger partial charge in [0, 0.05) is 33.6 Å². The molecule has 0 aromatic heterocycles. The minimum Gasteiger partial charge on any atom is -0.477 e. The molecular weight excluding hydrogens is 1210 g/mol. The van der Waals surface area contributed by atoms with E-state index in [4.69, 9.17) is 52.1 Å². The molecule has 6 aliphatic rings. The number of carboxylic acid groups (broad SMARTS) is 2. The summed E-state index contributed by atoms with van der Waals surface area (Å²) in [6, 6.07) is -5.59. The van der Waals surface area contributed by atoms with E-state index >= 15 is 0 Å². The molecule has 6 aliphatic heterocycles. The Kier molecular flexibility index (Phi) is 25.6. The molecule has 0 radical (unpaired) electrons. The molecule has 0 aliphatic carbocycles. The van der Waals surface area contributed by atoms with Gasteiger partial charge in [-0.2, -0.15) is 0 Å². The first-order chi connectivity index (χ1) is 41.2. The highest BCUT2D eigenvalue weighted by atomic mass is 16.8. The molecular formula is C48H79N3O37. The molecule has 0 saturated carbocycles. The number of hydrogen-bond acceptors (Lipinski definition) is 35. The van der Waals surface area contributed by atoms with Gasteiger partial charge < -0.3 is 175 Å². The third kappa shape index (κ3) is 15.8. The van der Waals surface area contributed by atoms with Crippen molar-refractivity contribution in [1.29, 1.82) is 0 Å². The van der Waals surface area contributed by atoms with Crippen LogP contribution in [0.2, 0.25) is 0 Å². The summed E-state index contributed by atoms with van der Waals surface area (Å²) in [7, 11) is 0. The van der Waals surface area contributed by atoms with Crippen molar-refractivity contribution in [3.63, 3.8) is 0 Å². The highest BCUT2D eigenvalue weighted by Gasteiger charge is 2.62. The number of carbonyl (C=O) groups is 5. The molecule has 6 heterocycles. The molecule has 40 heteroatoms. The van der Waals surface area contributed by atoms with Crippen LogP contribution in [-0.2, 0) is 76.1 Å². The van der Waals surface area contributed by atoms with Crippen LogP contribution in [-0.4, -0.2) is 372 Å². The predicted octanol–water partition coefficient (Wildman–Crippen LogP) is -15.3. The third-order valence-electron chi connectivity index (χ3n) is 15.6. The van der Waals surface area contributed by atoms with Crippen molar-refractivity contribution in [3.8, 4) is 0 Å². The van der Waals surface area contributed by atoms with E-state index in [0.29, 0.717) is 0 Å². The van der Waals surface area contributed by atoms with Gasteiger partial charge in [0.2, 0.25) is 17.7 Å². The maximum Gasteiger partial charge on any atom is 0.364 e. The molecule has 6 rings (SSSR count). The first kappa shape index (κ1) is 73.2. The smallest absolute Gasteiger partial charge is 0.364 e. The lowest BCUT2D eigenvalue weighted by molar-refractivity contribution is -0.390. The van der Waals surface area contributed by atoms with Crippen molar-refractivity contribution >= 4 is 29.7 Å². The fraction of sp³-hybridized carbons (Fsp3) is 0.896. The van der Waals surface area contributed by atoms with E-state index in [0.717, 1.165) is 20.8 Å². The SMILES string of the molecule is CC(=O)N[C@H]1[C@H](O[C@@H]2[C@H](O)[C@@H](O)[C@H](O[C@H]3[C@H](O)[C@@H](O)[C@H](O)O[C@@H]3CO)O[C@@H]2CO)O[C@H](CO[C@]2(C(=O)O)C[C@H](O)[C@@H](NC(C)=O)[C@H]([C@H](O)[C@H](O)CO)O2)[C@H](O)[C@@H]1O[C@@H]1O[C@H](CO)[C@H](O)[C@H](O[C@]2(C(=O)O)C[C@H](O)[C@@H](NC(C)=O)[C@H]([C@H](O)[C@H](O)CO)O2)[C@H]1O. The molecule has 3 amide bonds. The normalized spacial score (nSPS) is 44.6. The van der Waals surface area contributed by atoms with Gasteiger partial charge >= 0.3 is 11.9 Å². The van der Waals surface area contributed by atoms with Crippen LogP contribution in [0.15, 0.2) is 0 Å². The molecule has 0 aromatic carbocycles. The summed E-state index contributed by atoms with van der Waals surface area (Å²) < 4.78 is 63.1. The summed E-state index contributed by atoms with van der Waals surface area (Å²) in [4.78, 5) is 64.0. The second kappa shape index (κ2) is 30.7. The van der Waals surface area contributed by atoms with Gasteiger partial charge in [0.1, 0.15) is 134 Å². The molecule has 0 unspecified atom stereocenters. The second-order valence-electron chi connectivity index (χ2n) is 21.9. The average Bonchev–Trinajstić information content (AvgIpc) is 0.821. The Balaban J connectivity index is 1.40. The van der Waals surface area contributed by atoms with Gasteiger partial charge in [-0.05, 0) is 0 Å². The van der Waals surface area contributed by atoms with E-state index in [1.165, 1.54) is 0 Å². The van der Waals surface area contributed by atoms with E-state index in [2.05, 4.69) is 16.0 Å². The van der Waals surface area contributed by atoms with Gasteiger partial charge in [0.25, 0.3) is 11.6 Å². The highest BCUT2D eigenvalue weighted by Crippen LogP contribution is 2.41. The van der Waals surface area contributed by atoms with Gasteiger partial charge in [-0.3, -0.25) is 14.4 Å². The highest BCUT2D eigenvalue weighted by molar-refractivity contribution is 5.77. The molecule has 88 heavy (non-hydrogen) atoms. The number of ether oxygens (including phenoxy) is 11. The number of aliphatic carboxylic acids is 2. The summed E-state index contributed by atoms with van der Waals surface area (Å²) in [5.41, 5.74) is 0. The molecule has 0 bridgehead atoms. The maximum absolute atomic E-state index is 13.2. The van der Waals surface area contributed by atoms with E-state index in [9.17, 15) is 131 Å². The third-order valence-corrected chi connectivity index (χ3v) is 15.6. The maximum atomic E-state index is 13.2. The standard InChI is InChI=1S/C48H79N3O37/c1-12(57)49-23-15(60)4-47(45(74)75,86-38(23)26(64)17(62)6-52)78-11-22-29(67)37(25(51-14(3)59)42(82-22)83-36-21(10-56)81-43(33(71)31(36)69)84-35-20(9-55)79-41(73)32(70)30(35)68)85-44-34(72)40(28(66)19(8-54)80-44)88-48(46(76)77)5-16(61)24(50-13(2)58)39(87-48)27(65)18(63)7-53/h15-44,52-56,60-73H,4-11H2,1-3H3,(H,49,57)(H,50,58)(H,51,59)(H,74,75)(H,76,77)/t15-,16-,17+,18+,19+,20+,21+,22+,23+,24+,25+,26+,27+,28-,29-,30+,31+,32+,33+,34+,35+,36-,37+,38+,39+,40-,41+,42-,43-,44-,47+,48-/m0/s1. The van der Waals surface area contributed by atoms with Crippen LogP contribution in [0.3, 0.4) is 0 Å². The monoisotopic (exact) mass is 1290 g/mol. The largest absolute Gasteiger partial charge is 0.477 e. The predicted molar refractivity (Wildman–Crippen MR) is 268 cm³/mol. The van der Waals surface area contributed by atoms with Crippen LogP contribution in [0.1, 0.15) is 33.6 Å². The Morgan fingerprint density at radius 3 is 1.34 bits per heavy atom. The van der Waals surface area contributed by atoms with Crippen LogP contribution >= 0.6 is 0 Å². The van der Waals surface area contributed by atoms with Gasteiger partial charge in [-0.1, -0.05) is 0 Å². The molecule has 0 spiro atoms. The van der Waals surface area contributed by atoms with E-state index in [-0.39, 0.29) is 0 Å². The molecule has 6 fully saturated rings. The first-order valence-corrected chi connectivity index (χ1v) is 27.4. The fourth-order valence-electron chi connectivity index (χ4n) is 11.0. The lowest BCUT2D eigenvalue weighted by atomic mass is 9.88. The van der Waals surface area contributed by atoms with Crippen LogP contribution in [0.25, 0.3) is 0 Å². The Hall–Kier alpha value is -3.85. The number of carboxylic acids is 2. The van der Waals surface area contributed by atoms with Gasteiger partial charge in [-0.25, -0.2) is 9.59 Å². The molecule has 24 N–H and O–H groups in total. The Bertz CT molecular complexity index is 2320. The van der Waals surface area contributed by atoms with Crippen molar-refractivity contribution in [1.82, 2.24) is 16.0 Å². The van der Waals surface area contributed by atoms with E-state index in [1.54, 1.807) is 0 Å². The molecule has 40 nitrogen and oxygen atoms in total. The fourth-order valence-corrected chi connectivity index (χ4v) is 11.0. The van der Waals surface area contributed by atoms with Crippen LogP contribution in [0.5, 0.6) is 0 Å². The Morgan fingerprint density at radius 2 is 0.864 bits per heavy atom. The molecule has 0 aromatic rings. The Labute approximate surface area is 496 Å². The summed E-state index contributed by atoms with van der Waals surface area (Å²) in [6.45, 7) is -4.40. The van der Waals surface area contributed by atoms with Crippen LogP contribution in [0, 0.1) is 0 Å². The number of rotatable bonds is 25. The second-order valence-corrected chi connectivity index (χ2v) is 21.9. The van der Waals surface area contributed by atoms with Crippen LogP contribution in [0.4, 0.5) is 0 Å². The zero-order chi connectivity index (χ0) is 65.8. The molecule has 6 saturated heterocycles. The molecule has 32 atom stereocenters. The quantitative estimate of drug-likeness (QED) is 0.0404. The van der Waals surface area contributed by atoms with Crippen molar-refractivity contribution < 1.29 is 183 Å². The van der Waals surface area contributed by atoms with E-state index in [1.807, 2.05) is 0 Å². The average molecular weight is 1290 g/mol. The van der Waals surface area contributed by atoms with Crippen molar-refractivity contribution in [2.45, 2.75) is 229 Å². The lowest BCUT2D eigenvalue weighted by Crippen LogP contribution is -2.72. The van der Waals surface area contributed by atoms with Crippen molar-refractivity contribution in [3.05, 3.63) is 0 Å². The number of amides is 3. The summed E-state index contributed by atoms with van der Waals surface area (Å²) in [5, 5.41) is 234. The zero-order valence-corrected chi connectivity index (χ0v) is 46.9. The summed E-state index contributed by atoms with van der Waals surface area (Å²) >= 11 is 0. The topological polar surface area (TPSA) is 648 Å². The minimum atomic E-state index is -3.33. The van der Waals surface area contributed by atoms with Gasteiger partial charge in [0.15, 0.2) is 25.2 Å². The number of aliphatic hydroxyl groups is 19. The van der Waals surface area contributed by atoms with E-state index < -0.39 is 277 Å². The summed E-state index contributed by atoms with van der Waals surface area (Å²) in [5.74, 6) is -13.6. The van der Waals surface area contributed by atoms with Crippen molar-refractivity contribution in [2.75, 3.05) is 39.6 Å². The zero-order valence-electron chi connectivity index (χ0n) is 46.9. The number of carbonyl (C=O) groups excluding carboxylic acids is 3. The van der Waals surface area contributed by atoms with Crippen molar-refractivity contribution in [2.24, 2.45) is 0 Å². The Morgan fingerprint density at radius 1 is 0.466 bits per heavy atom. The lowest BCUT2D eigenvalue weighted by Gasteiger charge is -2.52. The van der Waals surface area contributed by atoms with Gasteiger partial charge in [-0.15, -0.1) is 0 Å².